The zero-order chi connectivity index (χ0) is 11.4. The molecular weight excluding hydrogens is 201 g/mol. The summed E-state index contributed by atoms with van der Waals surface area (Å²) in [7, 11) is 0. The molecule has 1 unspecified atom stereocenters. The van der Waals surface area contributed by atoms with Gasteiger partial charge in [0.15, 0.2) is 0 Å². The molecule has 0 amide bonds. The Kier molecular flexibility index (Phi) is 3.94. The highest BCUT2D eigenvalue weighted by Crippen LogP contribution is 2.30. The number of hydrogen-bond donors (Lipinski definition) is 0. The van der Waals surface area contributed by atoms with Crippen molar-refractivity contribution in [2.75, 3.05) is 13.1 Å². The minimum absolute atomic E-state index is 0.137. The molecule has 0 bridgehead atoms. The van der Waals surface area contributed by atoms with Gasteiger partial charge >= 0.3 is 0 Å². The molecule has 0 aliphatic carbocycles. The second-order valence-electron chi connectivity index (χ2n) is 4.60. The van der Waals surface area contributed by atoms with E-state index in [1.54, 1.807) is 12.1 Å². The van der Waals surface area contributed by atoms with E-state index in [9.17, 15) is 4.39 Å². The van der Waals surface area contributed by atoms with Crippen molar-refractivity contribution in [1.82, 2.24) is 4.90 Å². The van der Waals surface area contributed by atoms with E-state index in [-0.39, 0.29) is 5.82 Å². The lowest BCUT2D eigenvalue weighted by molar-refractivity contribution is 0.149. The standard InChI is InChI=1S/C14H20FN/c1-2-10-16-11-4-3-5-14(16)12-6-8-13(15)9-7-12/h6-9,14H,2-5,10-11H2,1H3. The molecule has 2 heteroatoms. The van der Waals surface area contributed by atoms with Gasteiger partial charge in [-0.2, -0.15) is 0 Å². The van der Waals surface area contributed by atoms with E-state index >= 15 is 0 Å². The molecule has 1 aromatic rings. The van der Waals surface area contributed by atoms with Crippen LogP contribution in [0.3, 0.4) is 0 Å². The van der Waals surface area contributed by atoms with Crippen LogP contribution in [0.1, 0.15) is 44.2 Å². The van der Waals surface area contributed by atoms with Crippen LogP contribution in [0.25, 0.3) is 0 Å². The molecule has 88 valence electrons. The van der Waals surface area contributed by atoms with E-state index in [0.29, 0.717) is 6.04 Å². The fraction of sp³-hybridized carbons (Fsp3) is 0.571. The van der Waals surface area contributed by atoms with E-state index in [1.807, 2.05) is 12.1 Å². The Bertz CT molecular complexity index is 318. The summed E-state index contributed by atoms with van der Waals surface area (Å²) >= 11 is 0. The number of benzene rings is 1. The van der Waals surface area contributed by atoms with Crippen molar-refractivity contribution in [2.45, 2.75) is 38.6 Å². The maximum Gasteiger partial charge on any atom is 0.123 e. The zero-order valence-corrected chi connectivity index (χ0v) is 9.95. The summed E-state index contributed by atoms with van der Waals surface area (Å²) < 4.78 is 12.9. The third-order valence-corrected chi connectivity index (χ3v) is 3.38. The van der Waals surface area contributed by atoms with Crippen molar-refractivity contribution >= 4 is 0 Å². The van der Waals surface area contributed by atoms with Crippen molar-refractivity contribution < 1.29 is 4.39 Å². The van der Waals surface area contributed by atoms with Crippen LogP contribution < -0.4 is 0 Å². The van der Waals surface area contributed by atoms with Crippen LogP contribution in [0, 0.1) is 5.82 Å². The molecule has 1 nitrogen and oxygen atoms in total. The van der Waals surface area contributed by atoms with E-state index in [4.69, 9.17) is 0 Å². The van der Waals surface area contributed by atoms with Gasteiger partial charge in [-0.25, -0.2) is 4.39 Å². The fourth-order valence-corrected chi connectivity index (χ4v) is 2.61. The maximum atomic E-state index is 12.9. The number of piperidine rings is 1. The molecular formula is C14H20FN. The first kappa shape index (κ1) is 11.6. The van der Waals surface area contributed by atoms with Crippen molar-refractivity contribution in [3.05, 3.63) is 35.6 Å². The van der Waals surface area contributed by atoms with Gasteiger partial charge < -0.3 is 0 Å². The van der Waals surface area contributed by atoms with Gasteiger partial charge in [0.1, 0.15) is 5.82 Å². The van der Waals surface area contributed by atoms with Gasteiger partial charge in [-0.1, -0.05) is 25.5 Å². The summed E-state index contributed by atoms with van der Waals surface area (Å²) in [5.74, 6) is -0.137. The van der Waals surface area contributed by atoms with Gasteiger partial charge in [0, 0.05) is 6.04 Å². The van der Waals surface area contributed by atoms with Crippen molar-refractivity contribution in [1.29, 1.82) is 0 Å². The molecule has 0 saturated carbocycles. The summed E-state index contributed by atoms with van der Waals surface area (Å²) in [6.45, 7) is 4.56. The van der Waals surface area contributed by atoms with Crippen molar-refractivity contribution in [3.8, 4) is 0 Å². The van der Waals surface area contributed by atoms with Crippen LogP contribution in [0.4, 0.5) is 4.39 Å². The number of halogens is 1. The molecule has 1 atom stereocenters. The minimum atomic E-state index is -0.137. The van der Waals surface area contributed by atoms with Gasteiger partial charge in [0.25, 0.3) is 0 Å². The third kappa shape index (κ3) is 2.62. The molecule has 0 aromatic heterocycles. The van der Waals surface area contributed by atoms with Crippen LogP contribution in [0.15, 0.2) is 24.3 Å². The van der Waals surface area contributed by atoms with E-state index < -0.39 is 0 Å². The molecule has 1 aliphatic rings. The minimum Gasteiger partial charge on any atom is -0.296 e. The monoisotopic (exact) mass is 221 g/mol. The van der Waals surface area contributed by atoms with Gasteiger partial charge in [0.05, 0.1) is 0 Å². The molecule has 1 saturated heterocycles. The Labute approximate surface area is 97.3 Å². The first-order valence-corrected chi connectivity index (χ1v) is 6.31. The van der Waals surface area contributed by atoms with Crippen molar-refractivity contribution in [2.24, 2.45) is 0 Å². The fourth-order valence-electron chi connectivity index (χ4n) is 2.61. The average Bonchev–Trinajstić information content (AvgIpc) is 2.32. The molecule has 0 radical (unpaired) electrons. The summed E-state index contributed by atoms with van der Waals surface area (Å²) in [6, 6.07) is 7.54. The van der Waals surface area contributed by atoms with Crippen LogP contribution in [0.5, 0.6) is 0 Å². The lowest BCUT2D eigenvalue weighted by atomic mass is 9.95. The lowest BCUT2D eigenvalue weighted by Crippen LogP contribution is -2.33. The Morgan fingerprint density at radius 2 is 2.00 bits per heavy atom. The summed E-state index contributed by atoms with van der Waals surface area (Å²) in [4.78, 5) is 2.54. The van der Waals surface area contributed by atoms with Crippen molar-refractivity contribution in [3.63, 3.8) is 0 Å². The average molecular weight is 221 g/mol. The normalized spacial score (nSPS) is 22.2. The van der Waals surface area contributed by atoms with Gasteiger partial charge in [-0.3, -0.25) is 4.90 Å². The van der Waals surface area contributed by atoms with Crippen LogP contribution in [-0.4, -0.2) is 18.0 Å². The zero-order valence-electron chi connectivity index (χ0n) is 9.95. The second kappa shape index (κ2) is 5.44. The molecule has 2 rings (SSSR count). The Hall–Kier alpha value is -0.890. The SMILES string of the molecule is CCCN1CCCCC1c1ccc(F)cc1. The molecule has 16 heavy (non-hydrogen) atoms. The lowest BCUT2D eigenvalue weighted by Gasteiger charge is -2.35. The molecule has 1 heterocycles. The predicted octanol–water partition coefficient (Wildman–Crippen LogP) is 3.76. The maximum absolute atomic E-state index is 12.9. The molecule has 0 N–H and O–H groups in total. The van der Waals surface area contributed by atoms with Gasteiger partial charge in [-0.05, 0) is 50.0 Å². The third-order valence-electron chi connectivity index (χ3n) is 3.38. The van der Waals surface area contributed by atoms with E-state index in [2.05, 4.69) is 11.8 Å². The van der Waals surface area contributed by atoms with E-state index in [1.165, 1.54) is 37.8 Å². The van der Waals surface area contributed by atoms with Crippen LogP contribution in [-0.2, 0) is 0 Å². The summed E-state index contributed by atoms with van der Waals surface area (Å²) in [5.41, 5.74) is 1.27. The second-order valence-corrected chi connectivity index (χ2v) is 4.60. The Morgan fingerprint density at radius 1 is 1.25 bits per heavy atom. The largest absolute Gasteiger partial charge is 0.296 e. The molecule has 1 aliphatic heterocycles. The number of hydrogen-bond acceptors (Lipinski definition) is 1. The topological polar surface area (TPSA) is 3.24 Å². The smallest absolute Gasteiger partial charge is 0.123 e. The molecule has 1 fully saturated rings. The first-order valence-electron chi connectivity index (χ1n) is 6.31. The summed E-state index contributed by atoms with van der Waals surface area (Å²) in [5, 5.41) is 0. The number of rotatable bonds is 3. The Morgan fingerprint density at radius 3 is 2.69 bits per heavy atom. The molecule has 0 spiro atoms. The number of nitrogens with zero attached hydrogens (tertiary/aromatic N) is 1. The first-order chi connectivity index (χ1) is 7.81. The quantitative estimate of drug-likeness (QED) is 0.751. The van der Waals surface area contributed by atoms with Crippen LogP contribution >= 0.6 is 0 Å². The highest BCUT2D eigenvalue weighted by molar-refractivity contribution is 5.20. The van der Waals surface area contributed by atoms with E-state index in [0.717, 1.165) is 6.54 Å². The summed E-state index contributed by atoms with van der Waals surface area (Å²) in [6.07, 6.45) is 5.00. The highest BCUT2D eigenvalue weighted by Gasteiger charge is 2.22. The molecule has 1 aromatic carbocycles. The Balaban J connectivity index is 2.13. The predicted molar refractivity (Wildman–Crippen MR) is 64.9 cm³/mol. The number of likely N-dealkylation sites (tertiary alicyclic amines) is 1. The van der Waals surface area contributed by atoms with Gasteiger partial charge in [0.2, 0.25) is 0 Å². The van der Waals surface area contributed by atoms with Crippen LogP contribution in [0.2, 0.25) is 0 Å². The van der Waals surface area contributed by atoms with Gasteiger partial charge in [-0.15, -0.1) is 0 Å². The highest BCUT2D eigenvalue weighted by atomic mass is 19.1.